The number of esters is 4. The smallest absolute Gasteiger partial charge is 0.331 e. The van der Waals surface area contributed by atoms with Gasteiger partial charge in [-0.15, -0.1) is 0 Å². The minimum Gasteiger partial charge on any atom is -0.422 e. The summed E-state index contributed by atoms with van der Waals surface area (Å²) in [5.41, 5.74) is 0. The lowest BCUT2D eigenvalue weighted by molar-refractivity contribution is -0.240. The normalized spacial score (nSPS) is 20.8. The number of cyclic esters (lactones) is 4. The molecule has 2 saturated heterocycles. The lowest BCUT2D eigenvalue weighted by Crippen LogP contribution is -2.49. The first kappa shape index (κ1) is 25.5. The number of carbonyl (C=O) groups is 6. The highest BCUT2D eigenvalue weighted by molar-refractivity contribution is 6.16. The molecule has 178 valence electrons. The highest BCUT2D eigenvalue weighted by Crippen LogP contribution is 2.26. The maximum Gasteiger partial charge on any atom is 0.331 e. The average Bonchev–Trinajstić information content (AvgIpc) is 2.60. The number of hydrogen-bond acceptors (Lipinski definition) is 10. The van der Waals surface area contributed by atoms with Crippen molar-refractivity contribution in [1.29, 1.82) is 0 Å². The third-order valence-corrected chi connectivity index (χ3v) is 5.07. The summed E-state index contributed by atoms with van der Waals surface area (Å²) in [4.78, 5) is 71.9. The second kappa shape index (κ2) is 10.2. The van der Waals surface area contributed by atoms with Crippen LogP contribution < -0.4 is 0 Å². The average molecular weight is 454 g/mol. The summed E-state index contributed by atoms with van der Waals surface area (Å²) in [7, 11) is 0. The molecule has 0 amide bonds. The fourth-order valence-electron chi connectivity index (χ4n) is 3.56. The van der Waals surface area contributed by atoms with Gasteiger partial charge in [-0.2, -0.15) is 0 Å². The molecule has 2 aliphatic rings. The van der Waals surface area contributed by atoms with Crippen LogP contribution in [0, 0.1) is 11.8 Å². The summed E-state index contributed by atoms with van der Waals surface area (Å²) in [5.74, 6) is -10.3. The van der Waals surface area contributed by atoms with E-state index in [0.717, 1.165) is 12.8 Å². The Balaban J connectivity index is 1.59. The molecule has 0 N–H and O–H groups in total. The molecule has 0 aliphatic carbocycles. The molecule has 10 heteroatoms. The summed E-state index contributed by atoms with van der Waals surface area (Å²) in [6, 6.07) is 0. The van der Waals surface area contributed by atoms with Crippen LogP contribution in [0.15, 0.2) is 0 Å². The number of carbonyl (C=O) groups excluding carboxylic acids is 6. The van der Waals surface area contributed by atoms with Crippen molar-refractivity contribution in [3.63, 3.8) is 0 Å². The summed E-state index contributed by atoms with van der Waals surface area (Å²) < 4.78 is 19.8. The quantitative estimate of drug-likeness (QED) is 0.259. The molecule has 0 bridgehead atoms. The first-order chi connectivity index (χ1) is 14.8. The van der Waals surface area contributed by atoms with Gasteiger partial charge in [0.05, 0.1) is 0 Å². The Labute approximate surface area is 186 Å². The summed E-state index contributed by atoms with van der Waals surface area (Å²) in [6.07, 6.45) is 4.13. The van der Waals surface area contributed by atoms with Gasteiger partial charge in [0.2, 0.25) is 11.8 Å². The highest BCUT2D eigenvalue weighted by Gasteiger charge is 2.47. The Bertz CT molecular complexity index is 689. The molecule has 0 aromatic heterocycles. The minimum absolute atomic E-state index is 0.0655. The lowest BCUT2D eigenvalue weighted by atomic mass is 9.96. The Morgan fingerprint density at radius 1 is 0.562 bits per heavy atom. The molecule has 0 unspecified atom stereocenters. The zero-order valence-corrected chi connectivity index (χ0v) is 18.9. The van der Waals surface area contributed by atoms with E-state index in [2.05, 4.69) is 0 Å². The summed E-state index contributed by atoms with van der Waals surface area (Å²) in [6.45, 7) is 5.68. The summed E-state index contributed by atoms with van der Waals surface area (Å²) >= 11 is 0. The van der Waals surface area contributed by atoms with Gasteiger partial charge in [0.1, 0.15) is 0 Å². The van der Waals surface area contributed by atoms with Gasteiger partial charge < -0.3 is 18.9 Å². The monoisotopic (exact) mass is 454 g/mol. The van der Waals surface area contributed by atoms with Crippen LogP contribution in [0.25, 0.3) is 0 Å². The van der Waals surface area contributed by atoms with E-state index in [4.69, 9.17) is 18.9 Å². The SMILES string of the molecule is CC1(C)OC(=O)C(C(=O)CCCCCCCCC(=O)C2C(=O)OC(C)(C)OC2=O)C(=O)O1. The van der Waals surface area contributed by atoms with Gasteiger partial charge in [-0.3, -0.25) is 28.8 Å². The highest BCUT2D eigenvalue weighted by atomic mass is 16.8. The number of rotatable bonds is 11. The number of ether oxygens (including phenoxy) is 4. The predicted octanol–water partition coefficient (Wildman–Crippen LogP) is 2.15. The van der Waals surface area contributed by atoms with Crippen molar-refractivity contribution >= 4 is 35.4 Å². The van der Waals surface area contributed by atoms with Crippen LogP contribution in [0.3, 0.4) is 0 Å². The predicted molar refractivity (Wildman–Crippen MR) is 106 cm³/mol. The second-order valence-electron chi connectivity index (χ2n) is 8.90. The lowest BCUT2D eigenvalue weighted by Gasteiger charge is -2.32. The number of hydrogen-bond donors (Lipinski definition) is 0. The molecule has 32 heavy (non-hydrogen) atoms. The molecule has 2 aliphatic heterocycles. The molecule has 0 aromatic carbocycles. The zero-order chi connectivity index (χ0) is 24.1. The van der Waals surface area contributed by atoms with E-state index in [-0.39, 0.29) is 12.8 Å². The molecule has 2 fully saturated rings. The van der Waals surface area contributed by atoms with E-state index in [1.807, 2.05) is 0 Å². The first-order valence-corrected chi connectivity index (χ1v) is 10.8. The Morgan fingerprint density at radius 3 is 1.09 bits per heavy atom. The van der Waals surface area contributed by atoms with Crippen LogP contribution in [0.1, 0.15) is 79.1 Å². The maximum absolute atomic E-state index is 12.2. The Hall–Kier alpha value is -2.78. The van der Waals surface area contributed by atoms with E-state index >= 15 is 0 Å². The van der Waals surface area contributed by atoms with Crippen molar-refractivity contribution in [3.05, 3.63) is 0 Å². The van der Waals surface area contributed by atoms with Crippen LogP contribution in [-0.2, 0) is 47.7 Å². The van der Waals surface area contributed by atoms with E-state index in [0.29, 0.717) is 25.7 Å². The van der Waals surface area contributed by atoms with E-state index in [1.165, 1.54) is 27.7 Å². The largest absolute Gasteiger partial charge is 0.422 e. The van der Waals surface area contributed by atoms with Gasteiger partial charge in [0.25, 0.3) is 11.6 Å². The van der Waals surface area contributed by atoms with Crippen molar-refractivity contribution < 1.29 is 47.7 Å². The van der Waals surface area contributed by atoms with E-state index in [9.17, 15) is 28.8 Å². The topological polar surface area (TPSA) is 139 Å². The molecule has 0 aromatic rings. The first-order valence-electron chi connectivity index (χ1n) is 10.8. The number of unbranched alkanes of at least 4 members (excludes halogenated alkanes) is 5. The van der Waals surface area contributed by atoms with E-state index < -0.39 is 58.9 Å². The molecule has 10 nitrogen and oxygen atoms in total. The summed E-state index contributed by atoms with van der Waals surface area (Å²) in [5, 5.41) is 0. The van der Waals surface area contributed by atoms with Gasteiger partial charge >= 0.3 is 23.9 Å². The molecular formula is C22H30O10. The van der Waals surface area contributed by atoms with Crippen molar-refractivity contribution in [2.45, 2.75) is 90.6 Å². The van der Waals surface area contributed by atoms with Crippen molar-refractivity contribution in [3.8, 4) is 0 Å². The zero-order valence-electron chi connectivity index (χ0n) is 18.9. The second-order valence-corrected chi connectivity index (χ2v) is 8.90. The van der Waals surface area contributed by atoms with Crippen LogP contribution in [0.4, 0.5) is 0 Å². The minimum atomic E-state index is -1.52. The molecular weight excluding hydrogens is 424 g/mol. The standard InChI is InChI=1S/C22H30O10/c1-21(2)29-17(25)15(18(26)30-21)13(23)11-9-7-5-6-8-10-12-14(24)16-19(27)31-22(3,4)32-20(16)28/h15-16H,5-12H2,1-4H3. The molecule has 2 rings (SSSR count). The fourth-order valence-corrected chi connectivity index (χ4v) is 3.56. The van der Waals surface area contributed by atoms with E-state index in [1.54, 1.807) is 0 Å². The van der Waals surface area contributed by atoms with Gasteiger partial charge in [0.15, 0.2) is 11.6 Å². The van der Waals surface area contributed by atoms with Crippen molar-refractivity contribution in [2.24, 2.45) is 11.8 Å². The third-order valence-electron chi connectivity index (χ3n) is 5.07. The van der Waals surface area contributed by atoms with Crippen LogP contribution in [-0.4, -0.2) is 47.0 Å². The van der Waals surface area contributed by atoms with Crippen molar-refractivity contribution in [1.82, 2.24) is 0 Å². The Kier molecular flexibility index (Phi) is 8.14. The van der Waals surface area contributed by atoms with Gasteiger partial charge in [-0.05, 0) is 12.8 Å². The number of Topliss-reactive ketones (excluding diaryl/α,β-unsaturated/α-hetero) is 2. The Morgan fingerprint density at radius 2 is 0.812 bits per heavy atom. The van der Waals surface area contributed by atoms with Crippen molar-refractivity contribution in [2.75, 3.05) is 0 Å². The maximum atomic E-state index is 12.2. The van der Waals surface area contributed by atoms with Gasteiger partial charge in [0, 0.05) is 40.5 Å². The number of ketones is 2. The van der Waals surface area contributed by atoms with Crippen LogP contribution >= 0.6 is 0 Å². The molecule has 0 atom stereocenters. The molecule has 0 saturated carbocycles. The fraction of sp³-hybridized carbons (Fsp3) is 0.727. The van der Waals surface area contributed by atoms with Gasteiger partial charge in [-0.1, -0.05) is 25.7 Å². The van der Waals surface area contributed by atoms with Crippen LogP contribution in [0.5, 0.6) is 0 Å². The van der Waals surface area contributed by atoms with Crippen LogP contribution in [0.2, 0.25) is 0 Å². The molecule has 0 spiro atoms. The third kappa shape index (κ3) is 6.86. The molecule has 2 heterocycles. The van der Waals surface area contributed by atoms with Gasteiger partial charge in [-0.25, -0.2) is 0 Å². The molecule has 0 radical (unpaired) electrons.